The molecule has 0 unspecified atom stereocenters. The number of nitrogens with zero attached hydrogens (tertiary/aromatic N) is 2. The number of aromatic amines is 1. The topological polar surface area (TPSA) is 62.2 Å². The number of fused-ring (bicyclic) bond motifs is 1. The number of rotatable bonds is 4. The van der Waals surface area contributed by atoms with E-state index >= 15 is 0 Å². The number of nitro groups is 1. The van der Waals surface area contributed by atoms with Crippen LogP contribution < -0.4 is 0 Å². The van der Waals surface area contributed by atoms with Crippen molar-refractivity contribution in [1.82, 2.24) is 9.88 Å². The van der Waals surface area contributed by atoms with E-state index in [9.17, 15) is 10.1 Å². The number of hydrogen-bond donors (Lipinski definition) is 1. The minimum absolute atomic E-state index is 0.172. The van der Waals surface area contributed by atoms with Crippen molar-refractivity contribution in [2.75, 3.05) is 13.1 Å². The molecule has 0 amide bonds. The van der Waals surface area contributed by atoms with Gasteiger partial charge >= 0.3 is 0 Å². The second kappa shape index (κ2) is 6.69. The van der Waals surface area contributed by atoms with E-state index in [1.807, 2.05) is 6.07 Å². The molecule has 0 atom stereocenters. The summed E-state index contributed by atoms with van der Waals surface area (Å²) in [6.07, 6.45) is 4.40. The predicted octanol–water partition coefficient (Wildman–Crippen LogP) is 4.46. The van der Waals surface area contributed by atoms with Crippen LogP contribution in [0.5, 0.6) is 0 Å². The highest BCUT2D eigenvalue weighted by molar-refractivity contribution is 5.83. The summed E-state index contributed by atoms with van der Waals surface area (Å²) < 4.78 is 0. The van der Waals surface area contributed by atoms with E-state index < -0.39 is 0 Å². The second-order valence-electron chi connectivity index (χ2n) is 6.77. The first-order valence-corrected chi connectivity index (χ1v) is 8.72. The van der Waals surface area contributed by atoms with E-state index in [-0.39, 0.29) is 10.6 Å². The van der Waals surface area contributed by atoms with Crippen molar-refractivity contribution in [3.05, 3.63) is 76.0 Å². The Bertz CT molecular complexity index is 895. The number of piperidine rings is 1. The molecule has 4 rings (SSSR count). The summed E-state index contributed by atoms with van der Waals surface area (Å²) >= 11 is 0. The van der Waals surface area contributed by atoms with Gasteiger partial charge in [-0.15, -0.1) is 0 Å². The zero-order chi connectivity index (χ0) is 17.2. The quantitative estimate of drug-likeness (QED) is 0.566. The highest BCUT2D eigenvalue weighted by Gasteiger charge is 2.23. The normalized spacial score (nSPS) is 16.3. The average molecular weight is 335 g/mol. The van der Waals surface area contributed by atoms with Gasteiger partial charge in [-0.05, 0) is 49.0 Å². The molecule has 128 valence electrons. The number of aromatic nitrogens is 1. The van der Waals surface area contributed by atoms with Crippen LogP contribution in [0.1, 0.15) is 29.9 Å². The van der Waals surface area contributed by atoms with Crippen molar-refractivity contribution < 1.29 is 4.92 Å². The monoisotopic (exact) mass is 335 g/mol. The van der Waals surface area contributed by atoms with Crippen LogP contribution in [0.3, 0.4) is 0 Å². The highest BCUT2D eigenvalue weighted by Crippen LogP contribution is 2.33. The maximum atomic E-state index is 10.9. The molecule has 5 nitrogen and oxygen atoms in total. The maximum absolute atomic E-state index is 10.9. The lowest BCUT2D eigenvalue weighted by Gasteiger charge is -2.32. The first kappa shape index (κ1) is 15.8. The summed E-state index contributed by atoms with van der Waals surface area (Å²) in [6.45, 7) is 2.82. The number of H-pyrrole nitrogens is 1. The van der Waals surface area contributed by atoms with E-state index in [4.69, 9.17) is 0 Å². The lowest BCUT2D eigenvalue weighted by atomic mass is 9.89. The Hall–Kier alpha value is -2.66. The van der Waals surface area contributed by atoms with E-state index in [0.29, 0.717) is 5.92 Å². The third kappa shape index (κ3) is 3.28. The fourth-order valence-electron chi connectivity index (χ4n) is 3.86. The molecule has 0 bridgehead atoms. The molecule has 3 aromatic rings. The fourth-order valence-corrected chi connectivity index (χ4v) is 3.86. The van der Waals surface area contributed by atoms with Gasteiger partial charge in [-0.3, -0.25) is 15.0 Å². The Morgan fingerprint density at radius 1 is 1.12 bits per heavy atom. The molecule has 1 fully saturated rings. The summed E-state index contributed by atoms with van der Waals surface area (Å²) in [5, 5.41) is 12.2. The summed E-state index contributed by atoms with van der Waals surface area (Å²) in [4.78, 5) is 16.4. The van der Waals surface area contributed by atoms with Crippen LogP contribution in [0, 0.1) is 10.1 Å². The summed E-state index contributed by atoms with van der Waals surface area (Å²) in [6, 6.07) is 15.4. The first-order chi connectivity index (χ1) is 12.2. The Labute approximate surface area is 146 Å². The number of para-hydroxylation sites is 1. The van der Waals surface area contributed by atoms with Crippen LogP contribution >= 0.6 is 0 Å². The largest absolute Gasteiger partial charge is 0.361 e. The number of nitrogens with one attached hydrogen (secondary N) is 1. The zero-order valence-electron chi connectivity index (χ0n) is 14.0. The third-order valence-electron chi connectivity index (χ3n) is 5.18. The second-order valence-corrected chi connectivity index (χ2v) is 6.77. The van der Waals surface area contributed by atoms with Gasteiger partial charge in [0.1, 0.15) is 0 Å². The van der Waals surface area contributed by atoms with Crippen molar-refractivity contribution in [3.8, 4) is 0 Å². The molecule has 1 aliphatic heterocycles. The lowest BCUT2D eigenvalue weighted by Crippen LogP contribution is -2.32. The van der Waals surface area contributed by atoms with Crippen LogP contribution in [0.4, 0.5) is 5.69 Å². The molecule has 0 aliphatic carbocycles. The van der Waals surface area contributed by atoms with E-state index in [2.05, 4.69) is 40.3 Å². The Morgan fingerprint density at radius 2 is 1.92 bits per heavy atom. The van der Waals surface area contributed by atoms with Gasteiger partial charge in [-0.25, -0.2) is 0 Å². The van der Waals surface area contributed by atoms with Gasteiger partial charge in [-0.1, -0.05) is 30.3 Å². The molecule has 0 spiro atoms. The van der Waals surface area contributed by atoms with Gasteiger partial charge in [0.05, 0.1) is 4.92 Å². The van der Waals surface area contributed by atoms with Crippen LogP contribution in [0.25, 0.3) is 10.9 Å². The molecular formula is C20H21N3O2. The van der Waals surface area contributed by atoms with E-state index in [1.165, 1.54) is 16.5 Å². The van der Waals surface area contributed by atoms with Crippen LogP contribution in [0.2, 0.25) is 0 Å². The lowest BCUT2D eigenvalue weighted by molar-refractivity contribution is -0.384. The molecule has 5 heteroatoms. The summed E-state index contributed by atoms with van der Waals surface area (Å²) in [5.74, 6) is 0.581. The van der Waals surface area contributed by atoms with Gasteiger partial charge in [0, 0.05) is 35.8 Å². The molecule has 2 heterocycles. The van der Waals surface area contributed by atoms with Crippen LogP contribution in [-0.4, -0.2) is 27.9 Å². The van der Waals surface area contributed by atoms with Crippen molar-refractivity contribution in [3.63, 3.8) is 0 Å². The maximum Gasteiger partial charge on any atom is 0.269 e. The molecule has 1 aliphatic rings. The SMILES string of the molecule is O=[N+]([O-])c1cccc(CN2CCC(c3c[nH]c4ccccc34)CC2)c1. The minimum atomic E-state index is -0.327. The molecule has 0 radical (unpaired) electrons. The highest BCUT2D eigenvalue weighted by atomic mass is 16.6. The first-order valence-electron chi connectivity index (χ1n) is 8.72. The number of nitro benzene ring substituents is 1. The van der Waals surface area contributed by atoms with Gasteiger partial charge < -0.3 is 4.98 Å². The minimum Gasteiger partial charge on any atom is -0.361 e. The number of likely N-dealkylation sites (tertiary alicyclic amines) is 1. The predicted molar refractivity (Wildman–Crippen MR) is 98.6 cm³/mol. The molecule has 1 aromatic heterocycles. The van der Waals surface area contributed by atoms with Crippen LogP contribution in [0.15, 0.2) is 54.7 Å². The van der Waals surface area contributed by atoms with Gasteiger partial charge in [-0.2, -0.15) is 0 Å². The summed E-state index contributed by atoms with van der Waals surface area (Å²) in [5.41, 5.74) is 3.81. The molecule has 25 heavy (non-hydrogen) atoms. The fraction of sp³-hybridized carbons (Fsp3) is 0.300. The van der Waals surface area contributed by atoms with Crippen molar-refractivity contribution in [1.29, 1.82) is 0 Å². The molecule has 0 saturated carbocycles. The van der Waals surface area contributed by atoms with Crippen molar-refractivity contribution in [2.24, 2.45) is 0 Å². The van der Waals surface area contributed by atoms with Crippen LogP contribution in [-0.2, 0) is 6.54 Å². The zero-order valence-corrected chi connectivity index (χ0v) is 14.0. The molecular weight excluding hydrogens is 314 g/mol. The Kier molecular flexibility index (Phi) is 4.24. The number of non-ortho nitro benzene ring substituents is 1. The molecule has 2 aromatic carbocycles. The van der Waals surface area contributed by atoms with Crippen molar-refractivity contribution >= 4 is 16.6 Å². The van der Waals surface area contributed by atoms with Gasteiger partial charge in [0.2, 0.25) is 0 Å². The van der Waals surface area contributed by atoms with E-state index in [0.717, 1.165) is 38.0 Å². The Morgan fingerprint density at radius 3 is 2.72 bits per heavy atom. The van der Waals surface area contributed by atoms with E-state index in [1.54, 1.807) is 18.2 Å². The third-order valence-corrected chi connectivity index (χ3v) is 5.18. The average Bonchev–Trinajstić information content (AvgIpc) is 3.07. The number of benzene rings is 2. The van der Waals surface area contributed by atoms with Gasteiger partial charge in [0.25, 0.3) is 5.69 Å². The number of hydrogen-bond acceptors (Lipinski definition) is 3. The Balaban J connectivity index is 1.42. The molecule has 1 saturated heterocycles. The molecule has 1 N–H and O–H groups in total. The summed E-state index contributed by atoms with van der Waals surface area (Å²) in [7, 11) is 0. The van der Waals surface area contributed by atoms with Crippen molar-refractivity contribution in [2.45, 2.75) is 25.3 Å². The van der Waals surface area contributed by atoms with Gasteiger partial charge in [0.15, 0.2) is 0 Å². The standard InChI is InChI=1S/C20H21N3O2/c24-23(25)17-5-3-4-15(12-17)14-22-10-8-16(9-11-22)19-13-21-20-7-2-1-6-18(19)20/h1-7,12-13,16,21H,8-11,14H2. The smallest absolute Gasteiger partial charge is 0.269 e.